The molecule has 3 N–H and O–H groups in total. The number of amides is 1. The summed E-state index contributed by atoms with van der Waals surface area (Å²) in [6, 6.07) is 4.99. The summed E-state index contributed by atoms with van der Waals surface area (Å²) in [5.74, 6) is -3.23. The van der Waals surface area contributed by atoms with Crippen LogP contribution < -0.4 is 20.5 Å². The van der Waals surface area contributed by atoms with Crippen LogP contribution in [-0.2, 0) is 30.2 Å². The Morgan fingerprint density at radius 3 is 2.42 bits per heavy atom. The van der Waals surface area contributed by atoms with Gasteiger partial charge in [0.25, 0.3) is 0 Å². The van der Waals surface area contributed by atoms with E-state index in [2.05, 4.69) is 24.8 Å². The number of nitrogens with one attached hydrogen (secondary N) is 1. The molecule has 14 nitrogen and oxygen atoms in total. The number of carbonyl (C=O) groups is 3. The molecule has 246 valence electrons. The van der Waals surface area contributed by atoms with E-state index in [1.54, 1.807) is 40.7 Å². The summed E-state index contributed by atoms with van der Waals surface area (Å²) in [5, 5.41) is 16.0. The van der Waals surface area contributed by atoms with Crippen molar-refractivity contribution < 1.29 is 46.8 Å². The Balaban J connectivity index is 1.71. The number of ether oxygens (including phenoxy) is 5. The van der Waals surface area contributed by atoms with Crippen molar-refractivity contribution >= 4 is 29.8 Å². The Bertz CT molecular complexity index is 1410. The summed E-state index contributed by atoms with van der Waals surface area (Å²) >= 11 is 0. The van der Waals surface area contributed by atoms with Crippen molar-refractivity contribution in [1.82, 2.24) is 10.0 Å². The molecule has 1 unspecified atom stereocenters. The number of hydroxylamine groups is 2. The van der Waals surface area contributed by atoms with Gasteiger partial charge >= 0.3 is 24.3 Å². The number of benzene rings is 1. The molecular weight excluding hydrogens is 600 g/mol. The molecule has 45 heavy (non-hydrogen) atoms. The van der Waals surface area contributed by atoms with Crippen molar-refractivity contribution in [3.63, 3.8) is 0 Å². The van der Waals surface area contributed by atoms with Gasteiger partial charge in [0.05, 0.1) is 18.6 Å². The fourth-order valence-corrected chi connectivity index (χ4v) is 4.25. The number of aromatic nitrogens is 1. The summed E-state index contributed by atoms with van der Waals surface area (Å²) in [5.41, 5.74) is 7.01. The maximum atomic E-state index is 13.4. The number of esters is 2. The number of alkyl halides is 2. The first-order valence-corrected chi connectivity index (χ1v) is 14.1. The Kier molecular flexibility index (Phi) is 11.5. The van der Waals surface area contributed by atoms with Crippen molar-refractivity contribution in [2.45, 2.75) is 72.6 Å². The average molecular weight is 637 g/mol. The van der Waals surface area contributed by atoms with Crippen LogP contribution in [0.5, 0.6) is 11.5 Å². The molecule has 0 aliphatic carbocycles. The zero-order valence-electron chi connectivity index (χ0n) is 25.6. The molecule has 0 bridgehead atoms. The second-order valence-corrected chi connectivity index (χ2v) is 10.5. The maximum Gasteiger partial charge on any atom is 0.586 e. The van der Waals surface area contributed by atoms with Gasteiger partial charge in [-0.3, -0.25) is 10.1 Å². The summed E-state index contributed by atoms with van der Waals surface area (Å²) in [7, 11) is 0. The van der Waals surface area contributed by atoms with Gasteiger partial charge in [0.1, 0.15) is 11.9 Å². The zero-order valence-corrected chi connectivity index (χ0v) is 25.6. The SMILES string of the molecule is CCOC(=O)[C@H]([C@H](C)Cc1ccnc(NC(=O)OC(C)OC(=O)C(C)C)c1)N([O-])C(N)=N[C@H](C)c1ccc2c(c1)OC(F)(F)O2. The van der Waals surface area contributed by atoms with Crippen LogP contribution in [0.4, 0.5) is 19.4 Å². The normalized spacial score (nSPS) is 16.3. The number of hydrogen-bond acceptors (Lipinski definition) is 11. The van der Waals surface area contributed by atoms with Gasteiger partial charge in [-0.2, -0.15) is 0 Å². The largest absolute Gasteiger partial charge is 0.756 e. The molecule has 3 rings (SSSR count). The molecule has 0 fully saturated rings. The molecule has 1 aromatic heterocycles. The topological polar surface area (TPSA) is 187 Å². The number of hydrogen-bond donors (Lipinski definition) is 2. The van der Waals surface area contributed by atoms with Gasteiger partial charge in [-0.15, -0.1) is 8.78 Å². The van der Waals surface area contributed by atoms with E-state index in [9.17, 15) is 28.4 Å². The number of pyridine rings is 1. The van der Waals surface area contributed by atoms with Gasteiger partial charge < -0.3 is 39.7 Å². The van der Waals surface area contributed by atoms with Crippen LogP contribution in [0, 0.1) is 17.0 Å². The number of halogens is 2. The van der Waals surface area contributed by atoms with Gasteiger partial charge in [0.2, 0.25) is 6.29 Å². The van der Waals surface area contributed by atoms with E-state index in [1.165, 1.54) is 37.4 Å². The molecule has 2 aromatic rings. The van der Waals surface area contributed by atoms with Crippen molar-refractivity contribution in [2.75, 3.05) is 11.9 Å². The van der Waals surface area contributed by atoms with Crippen LogP contribution in [0.3, 0.4) is 0 Å². The summed E-state index contributed by atoms with van der Waals surface area (Å²) in [6.07, 6.45) is -4.29. The second-order valence-electron chi connectivity index (χ2n) is 10.5. The van der Waals surface area contributed by atoms with E-state index in [0.29, 0.717) is 11.1 Å². The Morgan fingerprint density at radius 1 is 1.07 bits per heavy atom. The van der Waals surface area contributed by atoms with E-state index in [0.717, 1.165) is 0 Å². The molecule has 1 aliphatic rings. The lowest BCUT2D eigenvalue weighted by atomic mass is 9.94. The number of nitrogens with zero attached hydrogens (tertiary/aromatic N) is 3. The van der Waals surface area contributed by atoms with E-state index < -0.39 is 60.5 Å². The maximum absolute atomic E-state index is 13.4. The minimum absolute atomic E-state index is 0.00150. The van der Waals surface area contributed by atoms with E-state index >= 15 is 0 Å². The number of carbonyl (C=O) groups excluding carboxylic acids is 3. The van der Waals surface area contributed by atoms with Gasteiger partial charge in [-0.25, -0.2) is 19.6 Å². The van der Waals surface area contributed by atoms with Gasteiger partial charge in [0.15, 0.2) is 17.5 Å². The molecule has 0 radical (unpaired) electrons. The molecule has 0 saturated heterocycles. The Hall–Kier alpha value is -4.73. The van der Waals surface area contributed by atoms with Crippen molar-refractivity contribution in [3.05, 3.63) is 52.9 Å². The van der Waals surface area contributed by atoms with Crippen molar-refractivity contribution in [1.29, 1.82) is 0 Å². The quantitative estimate of drug-likeness (QED) is 0.109. The second kappa shape index (κ2) is 14.8. The van der Waals surface area contributed by atoms with E-state index in [1.807, 2.05) is 0 Å². The predicted molar refractivity (Wildman–Crippen MR) is 156 cm³/mol. The lowest BCUT2D eigenvalue weighted by Crippen LogP contribution is -2.49. The van der Waals surface area contributed by atoms with Crippen LogP contribution in [0.1, 0.15) is 58.7 Å². The highest BCUT2D eigenvalue weighted by Gasteiger charge is 2.43. The van der Waals surface area contributed by atoms with E-state index in [4.69, 9.17) is 19.9 Å². The summed E-state index contributed by atoms with van der Waals surface area (Å²) < 4.78 is 50.8. The van der Waals surface area contributed by atoms with Gasteiger partial charge in [-0.05, 0) is 61.6 Å². The van der Waals surface area contributed by atoms with Crippen LogP contribution >= 0.6 is 0 Å². The van der Waals surface area contributed by atoms with E-state index in [-0.39, 0.29) is 35.4 Å². The molecular formula is C29H36F2N5O9-. The first-order chi connectivity index (χ1) is 21.1. The number of guanidine groups is 1. The van der Waals surface area contributed by atoms with Crippen LogP contribution in [0.25, 0.3) is 0 Å². The zero-order chi connectivity index (χ0) is 33.5. The number of aliphatic imine (C=N–C) groups is 1. The number of anilines is 1. The lowest BCUT2D eigenvalue weighted by Gasteiger charge is -2.39. The third-order valence-corrected chi connectivity index (χ3v) is 6.42. The Morgan fingerprint density at radius 2 is 1.76 bits per heavy atom. The van der Waals surface area contributed by atoms with Crippen LogP contribution in [0.2, 0.25) is 0 Å². The van der Waals surface area contributed by atoms with Crippen LogP contribution in [0.15, 0.2) is 41.5 Å². The van der Waals surface area contributed by atoms with Crippen molar-refractivity contribution in [3.8, 4) is 11.5 Å². The van der Waals surface area contributed by atoms with Crippen LogP contribution in [-0.4, -0.2) is 59.3 Å². The monoisotopic (exact) mass is 636 g/mol. The third-order valence-electron chi connectivity index (χ3n) is 6.42. The fraction of sp³-hybridized carbons (Fsp3) is 0.483. The highest BCUT2D eigenvalue weighted by molar-refractivity contribution is 5.86. The number of nitrogens with two attached hydrogens (primary N) is 1. The minimum atomic E-state index is -3.79. The first kappa shape index (κ1) is 34.8. The molecule has 0 spiro atoms. The number of rotatable bonds is 12. The lowest BCUT2D eigenvalue weighted by molar-refractivity contribution is -0.286. The summed E-state index contributed by atoms with van der Waals surface area (Å²) in [4.78, 5) is 45.1. The molecule has 16 heteroatoms. The minimum Gasteiger partial charge on any atom is -0.756 e. The predicted octanol–water partition coefficient (Wildman–Crippen LogP) is 4.48. The average Bonchev–Trinajstić information content (AvgIpc) is 3.25. The molecule has 1 aliphatic heterocycles. The highest BCUT2D eigenvalue weighted by atomic mass is 19.3. The van der Waals surface area contributed by atoms with Crippen molar-refractivity contribution in [2.24, 2.45) is 22.6 Å². The summed E-state index contributed by atoms with van der Waals surface area (Å²) in [6.45, 7) is 9.46. The van der Waals surface area contributed by atoms with Gasteiger partial charge in [-0.1, -0.05) is 26.8 Å². The first-order valence-electron chi connectivity index (χ1n) is 14.1. The smallest absolute Gasteiger partial charge is 0.586 e. The number of fused-ring (bicyclic) bond motifs is 1. The molecule has 1 aromatic carbocycles. The molecule has 4 atom stereocenters. The molecule has 2 heterocycles. The fourth-order valence-electron chi connectivity index (χ4n) is 4.25. The highest BCUT2D eigenvalue weighted by Crippen LogP contribution is 2.42. The molecule has 1 amide bonds. The molecule has 0 saturated carbocycles. The standard InChI is InChI=1S/C29H36F2N5O9/c1-7-41-26(38)24(36(40)27(32)34-17(5)20-8-9-21-22(14-20)45-29(30,31)44-21)16(4)12-19-10-11-33-23(13-19)35-28(39)43-18(6)42-25(37)15(2)3/h8-11,13-18,24H,7,12H2,1-6H3,(H2,32,34)(H,33,35,39)/q-1/t16-,17-,18?,24+/m1/s1. The third kappa shape index (κ3) is 9.63. The Labute approximate surface area is 258 Å². The van der Waals surface area contributed by atoms with Gasteiger partial charge in [0, 0.05) is 13.1 Å².